The van der Waals surface area contributed by atoms with Crippen LogP contribution < -0.4 is 11.1 Å². The predicted molar refractivity (Wildman–Crippen MR) is 146 cm³/mol. The summed E-state index contributed by atoms with van der Waals surface area (Å²) in [4.78, 5) is 12.8. The van der Waals surface area contributed by atoms with Gasteiger partial charge in [-0.1, -0.05) is 60.1 Å². The van der Waals surface area contributed by atoms with Gasteiger partial charge in [-0.05, 0) is 53.1 Å². The number of halogens is 1. The molecule has 1 aliphatic heterocycles. The van der Waals surface area contributed by atoms with Crippen LogP contribution in [0.4, 0.5) is 0 Å². The normalized spacial score (nSPS) is 23.4. The van der Waals surface area contributed by atoms with E-state index in [-0.39, 0.29) is 32.1 Å². The highest BCUT2D eigenvalue weighted by atomic mass is 35.5. The molecule has 1 aliphatic rings. The zero-order valence-electron chi connectivity index (χ0n) is 21.4. The van der Waals surface area contributed by atoms with Gasteiger partial charge < -0.3 is 35.1 Å². The lowest BCUT2D eigenvalue weighted by Crippen LogP contribution is -2.65. The molecule has 1 fully saturated rings. The van der Waals surface area contributed by atoms with Crippen molar-refractivity contribution in [1.82, 2.24) is 5.32 Å². The van der Waals surface area contributed by atoms with Crippen molar-refractivity contribution in [2.45, 2.75) is 56.7 Å². The molecule has 204 valence electrons. The van der Waals surface area contributed by atoms with Crippen LogP contribution in [0.3, 0.4) is 0 Å². The summed E-state index contributed by atoms with van der Waals surface area (Å²) in [6.45, 7) is 0.965. The molecule has 38 heavy (non-hydrogen) atoms. The van der Waals surface area contributed by atoms with Crippen LogP contribution in [0, 0.1) is 0 Å². The highest BCUT2D eigenvalue weighted by Crippen LogP contribution is 2.27. The highest BCUT2D eigenvalue weighted by Gasteiger charge is 2.47. The average Bonchev–Trinajstić information content (AvgIpc) is 2.93. The van der Waals surface area contributed by atoms with Crippen molar-refractivity contribution >= 4 is 28.3 Å². The summed E-state index contributed by atoms with van der Waals surface area (Å²) in [5.41, 5.74) is 7.42. The fourth-order valence-electron chi connectivity index (χ4n) is 4.51. The number of nitrogens with two attached hydrogens (primary N) is 1. The summed E-state index contributed by atoms with van der Waals surface area (Å²) < 4.78 is 23.8. The fourth-order valence-corrected chi connectivity index (χ4v) is 4.64. The second kappa shape index (κ2) is 14.0. The fraction of sp³-hybridized carbons (Fsp3) is 0.414. The SMILES string of the molecule is COC[C@H]1OC(OCc2ccc(Cl)cc2)[C@H](NC(=O)CCCN)[C@@H](OCc2ccc3ccccc3c2)[C@@H]1O. The average molecular weight is 543 g/mol. The molecule has 0 aliphatic carbocycles. The molecule has 5 atom stereocenters. The largest absolute Gasteiger partial charge is 0.388 e. The summed E-state index contributed by atoms with van der Waals surface area (Å²) in [5, 5.41) is 17.0. The van der Waals surface area contributed by atoms with E-state index in [2.05, 4.69) is 11.4 Å². The molecule has 1 heterocycles. The van der Waals surface area contributed by atoms with Gasteiger partial charge in [-0.2, -0.15) is 0 Å². The quantitative estimate of drug-likeness (QED) is 0.321. The first-order valence-electron chi connectivity index (χ1n) is 12.8. The maximum absolute atomic E-state index is 12.8. The number of benzene rings is 3. The van der Waals surface area contributed by atoms with Gasteiger partial charge >= 0.3 is 0 Å². The molecular weight excluding hydrogens is 508 g/mol. The van der Waals surface area contributed by atoms with Crippen molar-refractivity contribution in [1.29, 1.82) is 0 Å². The summed E-state index contributed by atoms with van der Waals surface area (Å²) in [6.07, 6.45) is -2.70. The summed E-state index contributed by atoms with van der Waals surface area (Å²) in [7, 11) is 1.53. The van der Waals surface area contributed by atoms with Crippen molar-refractivity contribution in [2.75, 3.05) is 20.3 Å². The smallest absolute Gasteiger partial charge is 0.220 e. The molecule has 0 bridgehead atoms. The van der Waals surface area contributed by atoms with Gasteiger partial charge in [0.25, 0.3) is 0 Å². The molecule has 0 saturated carbocycles. The second-order valence-corrected chi connectivity index (χ2v) is 9.81. The molecule has 1 saturated heterocycles. The van der Waals surface area contributed by atoms with E-state index in [9.17, 15) is 9.90 Å². The Labute approximate surface area is 228 Å². The van der Waals surface area contributed by atoms with Crippen LogP contribution in [-0.2, 0) is 37.0 Å². The number of ether oxygens (including phenoxy) is 4. The third-order valence-electron chi connectivity index (χ3n) is 6.52. The molecule has 4 N–H and O–H groups in total. The zero-order valence-corrected chi connectivity index (χ0v) is 22.2. The van der Waals surface area contributed by atoms with E-state index in [0.29, 0.717) is 18.0 Å². The van der Waals surface area contributed by atoms with Gasteiger partial charge in [0.15, 0.2) is 6.29 Å². The Morgan fingerprint density at radius 3 is 2.47 bits per heavy atom. The van der Waals surface area contributed by atoms with Crippen molar-refractivity contribution in [2.24, 2.45) is 5.73 Å². The Morgan fingerprint density at radius 2 is 1.74 bits per heavy atom. The number of rotatable bonds is 12. The minimum atomic E-state index is -1.06. The van der Waals surface area contributed by atoms with E-state index in [1.807, 2.05) is 48.5 Å². The van der Waals surface area contributed by atoms with Crippen LogP contribution in [0.15, 0.2) is 66.7 Å². The second-order valence-electron chi connectivity index (χ2n) is 9.37. The monoisotopic (exact) mass is 542 g/mol. The first-order valence-corrected chi connectivity index (χ1v) is 13.1. The molecule has 0 aromatic heterocycles. The first kappa shape index (κ1) is 28.4. The molecule has 0 radical (unpaired) electrons. The highest BCUT2D eigenvalue weighted by molar-refractivity contribution is 6.30. The minimum absolute atomic E-state index is 0.131. The Balaban J connectivity index is 1.55. The van der Waals surface area contributed by atoms with Gasteiger partial charge in [0, 0.05) is 18.6 Å². The number of methoxy groups -OCH3 is 1. The molecule has 3 aromatic rings. The molecule has 1 unspecified atom stereocenters. The van der Waals surface area contributed by atoms with E-state index in [0.717, 1.165) is 21.9 Å². The zero-order chi connectivity index (χ0) is 26.9. The minimum Gasteiger partial charge on any atom is -0.388 e. The summed E-state index contributed by atoms with van der Waals surface area (Å²) in [6, 6.07) is 20.6. The Morgan fingerprint density at radius 1 is 1.03 bits per heavy atom. The topological polar surface area (TPSA) is 112 Å². The number of nitrogens with one attached hydrogen (secondary N) is 1. The molecule has 0 spiro atoms. The maximum Gasteiger partial charge on any atom is 0.220 e. The number of aliphatic hydroxyl groups excluding tert-OH is 1. The van der Waals surface area contributed by atoms with Crippen LogP contribution in [0.1, 0.15) is 24.0 Å². The van der Waals surface area contributed by atoms with Crippen LogP contribution in [-0.4, -0.2) is 61.9 Å². The third kappa shape index (κ3) is 7.51. The van der Waals surface area contributed by atoms with E-state index in [1.54, 1.807) is 12.1 Å². The number of aliphatic hydroxyl groups is 1. The van der Waals surface area contributed by atoms with Crippen molar-refractivity contribution in [3.8, 4) is 0 Å². The molecule has 3 aromatic carbocycles. The van der Waals surface area contributed by atoms with Gasteiger partial charge in [0.1, 0.15) is 24.4 Å². The number of fused-ring (bicyclic) bond motifs is 1. The van der Waals surface area contributed by atoms with Gasteiger partial charge in [0.05, 0.1) is 19.8 Å². The number of amides is 1. The van der Waals surface area contributed by atoms with Gasteiger partial charge in [-0.3, -0.25) is 4.79 Å². The van der Waals surface area contributed by atoms with Crippen molar-refractivity contribution < 1.29 is 28.8 Å². The van der Waals surface area contributed by atoms with E-state index in [1.165, 1.54) is 7.11 Å². The lowest BCUT2D eigenvalue weighted by Gasteiger charge is -2.44. The first-order chi connectivity index (χ1) is 18.5. The lowest BCUT2D eigenvalue weighted by molar-refractivity contribution is -0.282. The van der Waals surface area contributed by atoms with Crippen molar-refractivity contribution in [3.63, 3.8) is 0 Å². The summed E-state index contributed by atoms with van der Waals surface area (Å²) >= 11 is 6.01. The van der Waals surface area contributed by atoms with Gasteiger partial charge in [-0.25, -0.2) is 0 Å². The van der Waals surface area contributed by atoms with E-state index in [4.69, 9.17) is 36.3 Å². The molecule has 9 heteroatoms. The molecule has 4 rings (SSSR count). The standard InChI is InChI=1S/C29H35ClN2O6/c1-35-18-24-27(34)28(36-17-20-8-11-21-5-2-3-6-22(21)15-20)26(32-25(33)7-4-14-31)29(38-24)37-16-19-9-12-23(30)13-10-19/h2-3,5-6,8-13,15,24,26-29,34H,4,7,14,16-18,31H2,1H3,(H,32,33)/t24-,26-,27-,28-,29?/m1/s1. The predicted octanol–water partition coefficient (Wildman–Crippen LogP) is 3.55. The Kier molecular flexibility index (Phi) is 10.5. The number of hydrogen-bond acceptors (Lipinski definition) is 7. The van der Waals surface area contributed by atoms with E-state index < -0.39 is 30.6 Å². The number of hydrogen-bond donors (Lipinski definition) is 3. The third-order valence-corrected chi connectivity index (χ3v) is 6.78. The van der Waals surface area contributed by atoms with Crippen molar-refractivity contribution in [3.05, 3.63) is 82.9 Å². The molecular formula is C29H35ClN2O6. The van der Waals surface area contributed by atoms with E-state index >= 15 is 0 Å². The number of carbonyl (C=O) groups excluding carboxylic acids is 1. The van der Waals surface area contributed by atoms with Gasteiger partial charge in [0.2, 0.25) is 5.91 Å². The van der Waals surface area contributed by atoms with Gasteiger partial charge in [-0.15, -0.1) is 0 Å². The van der Waals surface area contributed by atoms with Crippen LogP contribution in [0.25, 0.3) is 10.8 Å². The Bertz CT molecular complexity index is 1180. The summed E-state index contributed by atoms with van der Waals surface area (Å²) in [5.74, 6) is -0.221. The lowest BCUT2D eigenvalue weighted by atomic mass is 9.96. The molecule has 8 nitrogen and oxygen atoms in total. The van der Waals surface area contributed by atoms with Crippen LogP contribution in [0.5, 0.6) is 0 Å². The molecule has 1 amide bonds. The van der Waals surface area contributed by atoms with Crippen LogP contribution in [0.2, 0.25) is 5.02 Å². The number of carbonyl (C=O) groups is 1. The maximum atomic E-state index is 12.8. The van der Waals surface area contributed by atoms with Crippen LogP contribution >= 0.6 is 11.6 Å². The Hall–Kier alpha value is -2.56.